The summed E-state index contributed by atoms with van der Waals surface area (Å²) in [6, 6.07) is 1.70. The van der Waals surface area contributed by atoms with Gasteiger partial charge in [-0.15, -0.1) is 11.3 Å². The van der Waals surface area contributed by atoms with Crippen molar-refractivity contribution < 1.29 is 4.39 Å². The smallest absolute Gasteiger partial charge is 0.332 e. The molecule has 1 unspecified atom stereocenters. The standard InChI is InChI=1S/C18H19FN4O2S/c1-8-14(13-5-11(7-26-13)9(2)20)12(19)6-22-16(8)15(10-3-4-10)17(24)23(21)18(22)25/h5-7,9-10H,3-4,20-21H2,1-2H3. The second-order valence-corrected chi connectivity index (χ2v) is 7.79. The second kappa shape index (κ2) is 5.78. The van der Waals surface area contributed by atoms with Gasteiger partial charge in [0.25, 0.3) is 5.56 Å². The number of halogens is 1. The van der Waals surface area contributed by atoms with Crippen molar-refractivity contribution in [2.45, 2.75) is 38.6 Å². The van der Waals surface area contributed by atoms with E-state index >= 15 is 0 Å². The van der Waals surface area contributed by atoms with E-state index in [1.54, 1.807) is 6.92 Å². The zero-order valence-corrected chi connectivity index (χ0v) is 15.3. The van der Waals surface area contributed by atoms with Crippen molar-refractivity contribution in [2.75, 3.05) is 5.84 Å². The molecule has 1 saturated carbocycles. The van der Waals surface area contributed by atoms with E-state index in [2.05, 4.69) is 0 Å². The largest absolute Gasteiger partial charge is 0.354 e. The molecule has 8 heteroatoms. The summed E-state index contributed by atoms with van der Waals surface area (Å²) in [6.07, 6.45) is 2.85. The Morgan fingerprint density at radius 3 is 2.62 bits per heavy atom. The van der Waals surface area contributed by atoms with Crippen molar-refractivity contribution in [1.82, 2.24) is 9.08 Å². The number of aromatic nitrogens is 2. The van der Waals surface area contributed by atoms with Gasteiger partial charge in [-0.25, -0.2) is 9.18 Å². The van der Waals surface area contributed by atoms with E-state index in [1.165, 1.54) is 11.3 Å². The van der Waals surface area contributed by atoms with Crippen LogP contribution in [0.15, 0.2) is 27.2 Å². The molecule has 0 radical (unpaired) electrons. The monoisotopic (exact) mass is 374 g/mol. The van der Waals surface area contributed by atoms with Gasteiger partial charge in [0.1, 0.15) is 5.82 Å². The van der Waals surface area contributed by atoms with Crippen molar-refractivity contribution in [3.8, 4) is 10.4 Å². The van der Waals surface area contributed by atoms with Crippen molar-refractivity contribution in [1.29, 1.82) is 0 Å². The first kappa shape index (κ1) is 17.0. The second-order valence-electron chi connectivity index (χ2n) is 6.87. The Morgan fingerprint density at radius 2 is 2.04 bits per heavy atom. The third-order valence-electron chi connectivity index (χ3n) is 4.95. The number of hydrogen-bond donors (Lipinski definition) is 2. The quantitative estimate of drug-likeness (QED) is 0.688. The minimum absolute atomic E-state index is 0.0628. The number of aryl methyl sites for hydroxylation is 1. The van der Waals surface area contributed by atoms with Gasteiger partial charge in [-0.1, -0.05) is 0 Å². The highest BCUT2D eigenvalue weighted by atomic mass is 32.1. The molecule has 6 nitrogen and oxygen atoms in total. The first-order valence-electron chi connectivity index (χ1n) is 8.41. The fourth-order valence-electron chi connectivity index (χ4n) is 3.40. The van der Waals surface area contributed by atoms with Crippen LogP contribution in [0.4, 0.5) is 4.39 Å². The van der Waals surface area contributed by atoms with Gasteiger partial charge in [0.15, 0.2) is 0 Å². The normalized spacial score (nSPS) is 15.5. The predicted octanol–water partition coefficient (Wildman–Crippen LogP) is 2.25. The van der Waals surface area contributed by atoms with Gasteiger partial charge in [0.2, 0.25) is 0 Å². The molecule has 0 bridgehead atoms. The first-order chi connectivity index (χ1) is 12.3. The Labute approximate surface area is 152 Å². The fourth-order valence-corrected chi connectivity index (χ4v) is 4.52. The lowest BCUT2D eigenvalue weighted by Crippen LogP contribution is -2.44. The van der Waals surface area contributed by atoms with Crippen LogP contribution in [0.1, 0.15) is 48.4 Å². The summed E-state index contributed by atoms with van der Waals surface area (Å²) in [5.74, 6) is 5.17. The van der Waals surface area contributed by atoms with Crippen LogP contribution in [-0.2, 0) is 0 Å². The average Bonchev–Trinajstić information content (AvgIpc) is 3.30. The molecule has 3 aromatic rings. The van der Waals surface area contributed by atoms with Crippen LogP contribution >= 0.6 is 11.3 Å². The number of nitrogens with zero attached hydrogens (tertiary/aromatic N) is 2. The topological polar surface area (TPSA) is 95.5 Å². The number of thiophene rings is 1. The van der Waals surface area contributed by atoms with E-state index in [9.17, 15) is 14.0 Å². The van der Waals surface area contributed by atoms with Gasteiger partial charge in [-0.2, -0.15) is 4.68 Å². The van der Waals surface area contributed by atoms with Gasteiger partial charge in [-0.3, -0.25) is 9.20 Å². The Bertz CT molecular complexity index is 1150. The molecule has 1 aliphatic rings. The van der Waals surface area contributed by atoms with Crippen molar-refractivity contribution >= 4 is 16.9 Å². The third-order valence-corrected chi connectivity index (χ3v) is 5.91. The molecule has 3 heterocycles. The molecule has 3 aromatic heterocycles. The van der Waals surface area contributed by atoms with Crippen molar-refractivity contribution in [2.24, 2.45) is 5.73 Å². The number of nitrogens with two attached hydrogens (primary N) is 2. The SMILES string of the molecule is Cc1c(-c2cc(C(C)N)cs2)c(F)cn2c(=O)n(N)c(=O)c(C3CC3)c12. The molecule has 0 saturated heterocycles. The maximum Gasteiger partial charge on any atom is 0.354 e. The van der Waals surface area contributed by atoms with Crippen LogP contribution < -0.4 is 22.8 Å². The summed E-state index contributed by atoms with van der Waals surface area (Å²) in [7, 11) is 0. The van der Waals surface area contributed by atoms with E-state index in [0.29, 0.717) is 26.9 Å². The lowest BCUT2D eigenvalue weighted by atomic mass is 10.0. The first-order valence-corrected chi connectivity index (χ1v) is 9.29. The molecule has 1 fully saturated rings. The predicted molar refractivity (Wildman–Crippen MR) is 101 cm³/mol. The average molecular weight is 374 g/mol. The number of hydrogen-bond acceptors (Lipinski definition) is 5. The molecule has 136 valence electrons. The molecule has 1 atom stereocenters. The maximum absolute atomic E-state index is 14.9. The summed E-state index contributed by atoms with van der Waals surface area (Å²) in [4.78, 5) is 25.7. The van der Waals surface area contributed by atoms with Crippen molar-refractivity contribution in [3.05, 3.63) is 61.0 Å². The van der Waals surface area contributed by atoms with Gasteiger partial charge < -0.3 is 11.6 Å². The summed E-state index contributed by atoms with van der Waals surface area (Å²) in [5, 5.41) is 1.90. The minimum Gasteiger partial charge on any atom is -0.332 e. The van der Waals surface area contributed by atoms with Crippen LogP contribution in [-0.4, -0.2) is 9.08 Å². The lowest BCUT2D eigenvalue weighted by molar-refractivity contribution is 0.616. The maximum atomic E-state index is 14.9. The molecule has 4 N–H and O–H groups in total. The molecule has 0 spiro atoms. The van der Waals surface area contributed by atoms with E-state index in [0.717, 1.165) is 33.9 Å². The number of pyridine rings is 1. The minimum atomic E-state index is -0.745. The van der Waals surface area contributed by atoms with Crippen LogP contribution in [0.2, 0.25) is 0 Å². The molecule has 0 amide bonds. The number of rotatable bonds is 3. The highest BCUT2D eigenvalue weighted by Gasteiger charge is 2.32. The summed E-state index contributed by atoms with van der Waals surface area (Å²) in [6.45, 7) is 3.61. The molecule has 0 aliphatic heterocycles. The zero-order chi connectivity index (χ0) is 18.7. The molecule has 26 heavy (non-hydrogen) atoms. The third kappa shape index (κ3) is 2.40. The van der Waals surface area contributed by atoms with E-state index < -0.39 is 17.1 Å². The lowest BCUT2D eigenvalue weighted by Gasteiger charge is -2.15. The Kier molecular flexibility index (Phi) is 3.78. The van der Waals surface area contributed by atoms with Gasteiger partial charge in [0.05, 0.1) is 11.7 Å². The number of fused-ring (bicyclic) bond motifs is 1. The molecule has 0 aromatic carbocycles. The van der Waals surface area contributed by atoms with Crippen LogP contribution in [0.5, 0.6) is 0 Å². The summed E-state index contributed by atoms with van der Waals surface area (Å²) < 4.78 is 16.6. The number of nitrogen functional groups attached to an aromatic ring is 1. The molecular weight excluding hydrogens is 355 g/mol. The Hall–Kier alpha value is -2.45. The van der Waals surface area contributed by atoms with Gasteiger partial charge in [0, 0.05) is 22.0 Å². The van der Waals surface area contributed by atoms with Gasteiger partial charge in [-0.05, 0) is 55.2 Å². The fraction of sp³-hybridized carbons (Fsp3) is 0.333. The summed E-state index contributed by atoms with van der Waals surface area (Å²) in [5.41, 5.74) is 7.52. The van der Waals surface area contributed by atoms with Crippen LogP contribution in [0, 0.1) is 12.7 Å². The van der Waals surface area contributed by atoms with Crippen molar-refractivity contribution in [3.63, 3.8) is 0 Å². The molecule has 1 aliphatic carbocycles. The Balaban J connectivity index is 2.10. The van der Waals surface area contributed by atoms with Crippen LogP contribution in [0.25, 0.3) is 16.0 Å². The van der Waals surface area contributed by atoms with Gasteiger partial charge >= 0.3 is 5.69 Å². The molecular formula is C18H19FN4O2S. The highest BCUT2D eigenvalue weighted by Crippen LogP contribution is 2.42. The van der Waals surface area contributed by atoms with E-state index in [4.69, 9.17) is 11.6 Å². The van der Waals surface area contributed by atoms with E-state index in [-0.39, 0.29) is 12.0 Å². The zero-order valence-electron chi connectivity index (χ0n) is 14.5. The Morgan fingerprint density at radius 1 is 1.35 bits per heavy atom. The molecule has 4 rings (SSSR count). The van der Waals surface area contributed by atoms with Crippen LogP contribution in [0.3, 0.4) is 0 Å². The van der Waals surface area contributed by atoms with E-state index in [1.807, 2.05) is 18.4 Å². The highest BCUT2D eigenvalue weighted by molar-refractivity contribution is 7.13. The summed E-state index contributed by atoms with van der Waals surface area (Å²) >= 11 is 1.39.